The van der Waals surface area contributed by atoms with Gasteiger partial charge in [-0.05, 0) is 50.6 Å². The number of rotatable bonds is 11. The van der Waals surface area contributed by atoms with E-state index < -0.39 is 40.2 Å². The molecule has 7 nitrogen and oxygen atoms in total. The fourth-order valence-corrected chi connectivity index (χ4v) is 5.49. The average Bonchev–Trinajstić information content (AvgIpc) is 2.91. The number of nitrogens with zero attached hydrogens (tertiary/aromatic N) is 2. The summed E-state index contributed by atoms with van der Waals surface area (Å²) in [5, 5.41) is 2.96. The predicted molar refractivity (Wildman–Crippen MR) is 147 cm³/mol. The first kappa shape index (κ1) is 29.1. The molecule has 0 aliphatic heterocycles. The fourth-order valence-electron chi connectivity index (χ4n) is 3.75. The van der Waals surface area contributed by atoms with Gasteiger partial charge >= 0.3 is 0 Å². The highest BCUT2D eigenvalue weighted by Gasteiger charge is 2.33. The molecule has 3 aromatic rings. The highest BCUT2D eigenvalue weighted by Crippen LogP contribution is 2.30. The van der Waals surface area contributed by atoms with E-state index in [1.165, 1.54) is 54.3 Å². The number of sulfonamides is 1. The van der Waals surface area contributed by atoms with Gasteiger partial charge in [-0.2, -0.15) is 0 Å². The third-order valence-corrected chi connectivity index (χ3v) is 8.29. The Kier molecular flexibility index (Phi) is 9.88. The molecule has 1 N–H and O–H groups in total. The normalized spacial score (nSPS) is 12.9. The number of para-hydroxylation sites is 1. The molecule has 0 unspecified atom stereocenters. The smallest absolute Gasteiger partial charge is 0.264 e. The molecule has 0 bridgehead atoms. The van der Waals surface area contributed by atoms with Crippen LogP contribution in [0.5, 0.6) is 0 Å². The molecule has 0 spiro atoms. The molecule has 0 saturated heterocycles. The SMILES string of the molecule is CC[C@H](C)NC(=O)[C@@H](C)N(Cc1ccccc1F)C(=O)CN(c1ccccc1Cl)S(=O)(=O)c1ccccc1. The summed E-state index contributed by atoms with van der Waals surface area (Å²) >= 11 is 6.37. The lowest BCUT2D eigenvalue weighted by Gasteiger charge is -2.32. The maximum atomic E-state index is 14.6. The van der Waals surface area contributed by atoms with Crippen molar-refractivity contribution in [2.24, 2.45) is 0 Å². The van der Waals surface area contributed by atoms with Crippen molar-refractivity contribution in [2.75, 3.05) is 10.8 Å². The van der Waals surface area contributed by atoms with Crippen LogP contribution in [0.15, 0.2) is 83.8 Å². The van der Waals surface area contributed by atoms with Crippen molar-refractivity contribution < 1.29 is 22.4 Å². The second kappa shape index (κ2) is 12.9. The van der Waals surface area contributed by atoms with Crippen molar-refractivity contribution in [1.82, 2.24) is 10.2 Å². The minimum absolute atomic E-state index is 0.0315. The van der Waals surface area contributed by atoms with Crippen LogP contribution in [0.25, 0.3) is 0 Å². The molecule has 0 fully saturated rings. The summed E-state index contributed by atoms with van der Waals surface area (Å²) in [4.78, 5) is 28.0. The van der Waals surface area contributed by atoms with Crippen molar-refractivity contribution >= 4 is 39.1 Å². The zero-order valence-corrected chi connectivity index (χ0v) is 23.0. The van der Waals surface area contributed by atoms with Crippen LogP contribution in [-0.4, -0.2) is 43.8 Å². The number of halogens is 2. The molecule has 10 heteroatoms. The Bertz CT molecular complexity index is 1370. The van der Waals surface area contributed by atoms with Crippen LogP contribution in [0.1, 0.15) is 32.8 Å². The van der Waals surface area contributed by atoms with Gasteiger partial charge in [0.1, 0.15) is 18.4 Å². The Morgan fingerprint density at radius 1 is 0.947 bits per heavy atom. The zero-order valence-electron chi connectivity index (χ0n) is 21.5. The van der Waals surface area contributed by atoms with Gasteiger partial charge in [-0.1, -0.05) is 67.1 Å². The number of carbonyl (C=O) groups is 2. The van der Waals surface area contributed by atoms with Crippen LogP contribution >= 0.6 is 11.6 Å². The number of amides is 2. The Labute approximate surface area is 228 Å². The molecular formula is C28H31ClFN3O4S. The van der Waals surface area contributed by atoms with E-state index in [2.05, 4.69) is 5.32 Å². The molecule has 38 heavy (non-hydrogen) atoms. The van der Waals surface area contributed by atoms with Crippen LogP contribution in [0.2, 0.25) is 5.02 Å². The van der Waals surface area contributed by atoms with Crippen LogP contribution in [0.4, 0.5) is 10.1 Å². The zero-order chi connectivity index (χ0) is 27.9. The minimum atomic E-state index is -4.23. The minimum Gasteiger partial charge on any atom is -0.352 e. The number of carbonyl (C=O) groups excluding carboxylic acids is 2. The van der Waals surface area contributed by atoms with Crippen molar-refractivity contribution in [1.29, 1.82) is 0 Å². The van der Waals surface area contributed by atoms with E-state index in [1.54, 1.807) is 36.4 Å². The van der Waals surface area contributed by atoms with Gasteiger partial charge in [0.2, 0.25) is 11.8 Å². The molecule has 0 aliphatic rings. The quantitative estimate of drug-likeness (QED) is 0.358. The van der Waals surface area contributed by atoms with E-state index in [9.17, 15) is 22.4 Å². The van der Waals surface area contributed by atoms with Gasteiger partial charge < -0.3 is 10.2 Å². The topological polar surface area (TPSA) is 86.8 Å². The van der Waals surface area contributed by atoms with E-state index in [-0.39, 0.29) is 33.8 Å². The molecular weight excluding hydrogens is 529 g/mol. The number of nitrogens with one attached hydrogen (secondary N) is 1. The van der Waals surface area contributed by atoms with Crippen LogP contribution in [0, 0.1) is 5.82 Å². The first-order valence-electron chi connectivity index (χ1n) is 12.2. The number of hydrogen-bond donors (Lipinski definition) is 1. The molecule has 3 rings (SSSR count). The molecule has 0 saturated carbocycles. The van der Waals surface area contributed by atoms with Crippen LogP contribution in [-0.2, 0) is 26.2 Å². The van der Waals surface area contributed by atoms with Gasteiger partial charge in [0.05, 0.1) is 15.6 Å². The molecule has 2 amide bonds. The Morgan fingerprint density at radius 3 is 2.18 bits per heavy atom. The van der Waals surface area contributed by atoms with E-state index in [4.69, 9.17) is 11.6 Å². The molecule has 0 heterocycles. The van der Waals surface area contributed by atoms with Crippen LogP contribution in [0.3, 0.4) is 0 Å². The van der Waals surface area contributed by atoms with Gasteiger partial charge in [0.15, 0.2) is 0 Å². The van der Waals surface area contributed by atoms with Gasteiger partial charge in [0.25, 0.3) is 10.0 Å². The first-order valence-corrected chi connectivity index (χ1v) is 14.0. The molecule has 3 aromatic carbocycles. The molecule has 202 valence electrons. The molecule has 0 aromatic heterocycles. The van der Waals surface area contributed by atoms with Crippen molar-refractivity contribution in [3.05, 3.63) is 95.3 Å². The number of benzene rings is 3. The largest absolute Gasteiger partial charge is 0.352 e. The second-order valence-electron chi connectivity index (χ2n) is 8.88. The monoisotopic (exact) mass is 559 g/mol. The summed E-state index contributed by atoms with van der Waals surface area (Å²) in [6.07, 6.45) is 0.676. The Balaban J connectivity index is 2.04. The summed E-state index contributed by atoms with van der Waals surface area (Å²) in [5.74, 6) is -1.67. The lowest BCUT2D eigenvalue weighted by molar-refractivity contribution is -0.139. The van der Waals surface area contributed by atoms with Gasteiger partial charge in [-0.25, -0.2) is 12.8 Å². The summed E-state index contributed by atoms with van der Waals surface area (Å²) in [6, 6.07) is 18.7. The van der Waals surface area contributed by atoms with Crippen LogP contribution < -0.4 is 9.62 Å². The highest BCUT2D eigenvalue weighted by molar-refractivity contribution is 7.92. The fraction of sp³-hybridized carbons (Fsp3) is 0.286. The maximum Gasteiger partial charge on any atom is 0.264 e. The average molecular weight is 560 g/mol. The van der Waals surface area contributed by atoms with Crippen molar-refractivity contribution in [2.45, 2.75) is 50.7 Å². The molecule has 2 atom stereocenters. The standard InChI is InChI=1S/C28H31ClFN3O4S/c1-4-20(2)31-28(35)21(3)32(18-22-12-8-10-16-25(22)30)27(34)19-33(26-17-11-9-15-24(26)29)38(36,37)23-13-6-5-7-14-23/h5-17,20-21H,4,18-19H2,1-3H3,(H,31,35)/t20-,21+/m0/s1. The number of anilines is 1. The van der Waals surface area contributed by atoms with E-state index in [0.717, 1.165) is 4.31 Å². The third-order valence-electron chi connectivity index (χ3n) is 6.20. The molecule has 0 aliphatic carbocycles. The highest BCUT2D eigenvalue weighted by atomic mass is 35.5. The van der Waals surface area contributed by atoms with E-state index in [1.807, 2.05) is 13.8 Å². The number of hydrogen-bond acceptors (Lipinski definition) is 4. The van der Waals surface area contributed by atoms with Crippen molar-refractivity contribution in [3.8, 4) is 0 Å². The lowest BCUT2D eigenvalue weighted by Crippen LogP contribution is -2.52. The van der Waals surface area contributed by atoms with Gasteiger partial charge in [-0.3, -0.25) is 13.9 Å². The Hall–Kier alpha value is -3.43. The first-order chi connectivity index (χ1) is 18.1. The summed E-state index contributed by atoms with van der Waals surface area (Å²) < 4.78 is 42.9. The lowest BCUT2D eigenvalue weighted by atomic mass is 10.1. The maximum absolute atomic E-state index is 14.6. The summed E-state index contributed by atoms with van der Waals surface area (Å²) in [7, 11) is -4.23. The molecule has 0 radical (unpaired) electrons. The Morgan fingerprint density at radius 2 is 1.55 bits per heavy atom. The predicted octanol–water partition coefficient (Wildman–Crippen LogP) is 5.01. The summed E-state index contributed by atoms with van der Waals surface area (Å²) in [6.45, 7) is 4.38. The second-order valence-corrected chi connectivity index (χ2v) is 11.2. The van der Waals surface area contributed by atoms with Gasteiger partial charge in [0, 0.05) is 18.2 Å². The van der Waals surface area contributed by atoms with E-state index in [0.29, 0.717) is 6.42 Å². The van der Waals surface area contributed by atoms with Gasteiger partial charge in [-0.15, -0.1) is 0 Å². The summed E-state index contributed by atoms with van der Waals surface area (Å²) in [5.41, 5.74) is 0.299. The van der Waals surface area contributed by atoms with E-state index >= 15 is 0 Å². The third kappa shape index (κ3) is 6.90. The van der Waals surface area contributed by atoms with Crippen molar-refractivity contribution in [3.63, 3.8) is 0 Å².